The van der Waals surface area contributed by atoms with Gasteiger partial charge in [-0.3, -0.25) is 0 Å². The number of benzene rings is 1. The predicted octanol–water partition coefficient (Wildman–Crippen LogP) is 1.36. The number of aromatic carboxylic acids is 1. The van der Waals surface area contributed by atoms with Crippen molar-refractivity contribution in [2.45, 2.75) is 11.8 Å². The summed E-state index contributed by atoms with van der Waals surface area (Å²) in [5.74, 6) is -1.19. The minimum absolute atomic E-state index is 0.0307. The van der Waals surface area contributed by atoms with Crippen LogP contribution in [0, 0.1) is 0 Å². The van der Waals surface area contributed by atoms with E-state index in [1.54, 1.807) is 25.1 Å². The lowest BCUT2D eigenvalue weighted by Crippen LogP contribution is -2.09. The third-order valence-corrected chi connectivity index (χ3v) is 4.41. The maximum Gasteiger partial charge on any atom is 0.356 e. The van der Waals surface area contributed by atoms with Crippen LogP contribution in [0.3, 0.4) is 0 Å². The molecule has 0 saturated heterocycles. The van der Waals surface area contributed by atoms with Gasteiger partial charge in [-0.2, -0.15) is 5.10 Å². The van der Waals surface area contributed by atoms with Gasteiger partial charge in [0.15, 0.2) is 15.5 Å². The van der Waals surface area contributed by atoms with Crippen molar-refractivity contribution >= 4 is 15.8 Å². The van der Waals surface area contributed by atoms with Gasteiger partial charge in [0.2, 0.25) is 0 Å². The monoisotopic (exact) mass is 280 g/mol. The largest absolute Gasteiger partial charge is 0.476 e. The van der Waals surface area contributed by atoms with Crippen LogP contribution in [0.25, 0.3) is 5.69 Å². The molecule has 0 bridgehead atoms. The number of carbonyl (C=O) groups is 1. The topological polar surface area (TPSA) is 89.3 Å². The highest BCUT2D eigenvalue weighted by atomic mass is 32.2. The van der Waals surface area contributed by atoms with Crippen molar-refractivity contribution in [2.75, 3.05) is 5.75 Å². The fourth-order valence-electron chi connectivity index (χ4n) is 1.64. The molecular formula is C12H12N2O4S. The highest BCUT2D eigenvalue weighted by Gasteiger charge is 2.18. The molecule has 0 fully saturated rings. The van der Waals surface area contributed by atoms with Gasteiger partial charge in [-0.25, -0.2) is 17.9 Å². The molecule has 0 aliphatic rings. The Morgan fingerprint density at radius 2 is 2.00 bits per heavy atom. The van der Waals surface area contributed by atoms with Crippen molar-refractivity contribution in [2.24, 2.45) is 0 Å². The third-order valence-electron chi connectivity index (χ3n) is 2.64. The highest BCUT2D eigenvalue weighted by Crippen LogP contribution is 2.20. The van der Waals surface area contributed by atoms with E-state index in [0.717, 1.165) is 0 Å². The summed E-state index contributed by atoms with van der Waals surface area (Å²) in [5, 5.41) is 12.7. The van der Waals surface area contributed by atoms with E-state index < -0.39 is 15.8 Å². The minimum Gasteiger partial charge on any atom is -0.476 e. The van der Waals surface area contributed by atoms with Crippen LogP contribution < -0.4 is 0 Å². The Labute approximate surface area is 110 Å². The Bertz CT molecular complexity index is 719. The summed E-state index contributed by atoms with van der Waals surface area (Å²) in [6.45, 7) is 1.55. The fourth-order valence-corrected chi connectivity index (χ4v) is 2.71. The lowest BCUT2D eigenvalue weighted by molar-refractivity contribution is 0.0690. The third kappa shape index (κ3) is 2.50. The van der Waals surface area contributed by atoms with Crippen molar-refractivity contribution in [1.29, 1.82) is 0 Å². The maximum absolute atomic E-state index is 12.0. The molecule has 6 nitrogen and oxygen atoms in total. The SMILES string of the molecule is CCS(=O)(=O)c1ccccc1-n1ccc(C(=O)O)n1. The average Bonchev–Trinajstić information content (AvgIpc) is 2.88. The second-order valence-corrected chi connectivity index (χ2v) is 6.07. The van der Waals surface area contributed by atoms with Crippen LogP contribution in [0.5, 0.6) is 0 Å². The first kappa shape index (κ1) is 13.3. The van der Waals surface area contributed by atoms with Gasteiger partial charge in [0.1, 0.15) is 0 Å². The molecule has 2 aromatic rings. The summed E-state index contributed by atoms with van der Waals surface area (Å²) in [6, 6.07) is 7.68. The molecule has 0 radical (unpaired) electrons. The number of para-hydroxylation sites is 1. The molecule has 0 aliphatic heterocycles. The number of hydrogen-bond acceptors (Lipinski definition) is 4. The maximum atomic E-state index is 12.0. The fraction of sp³-hybridized carbons (Fsp3) is 0.167. The molecule has 1 N–H and O–H groups in total. The van der Waals surface area contributed by atoms with E-state index in [4.69, 9.17) is 5.11 Å². The van der Waals surface area contributed by atoms with E-state index in [1.165, 1.54) is 23.0 Å². The Kier molecular flexibility index (Phi) is 3.39. The van der Waals surface area contributed by atoms with Gasteiger partial charge >= 0.3 is 5.97 Å². The van der Waals surface area contributed by atoms with Crippen LogP contribution in [-0.4, -0.2) is 35.0 Å². The Hall–Kier alpha value is -2.15. The Morgan fingerprint density at radius 1 is 1.32 bits per heavy atom. The van der Waals surface area contributed by atoms with Crippen LogP contribution in [0.15, 0.2) is 41.4 Å². The molecule has 0 spiro atoms. The zero-order valence-corrected chi connectivity index (χ0v) is 11.0. The molecule has 1 aromatic heterocycles. The first-order chi connectivity index (χ1) is 8.95. The molecule has 2 rings (SSSR count). The molecule has 1 aromatic carbocycles. The number of carboxylic acid groups (broad SMARTS) is 1. The van der Waals surface area contributed by atoms with Gasteiger partial charge in [-0.15, -0.1) is 0 Å². The predicted molar refractivity (Wildman–Crippen MR) is 68.3 cm³/mol. The average molecular weight is 280 g/mol. The van der Waals surface area contributed by atoms with Crippen molar-refractivity contribution in [3.8, 4) is 5.69 Å². The lowest BCUT2D eigenvalue weighted by Gasteiger charge is -2.08. The number of nitrogens with zero attached hydrogens (tertiary/aromatic N) is 2. The number of carboxylic acids is 1. The van der Waals surface area contributed by atoms with Crippen molar-refractivity contribution < 1.29 is 18.3 Å². The molecule has 1 heterocycles. The van der Waals surface area contributed by atoms with E-state index in [1.807, 2.05) is 0 Å². The van der Waals surface area contributed by atoms with Gasteiger partial charge in [-0.05, 0) is 18.2 Å². The summed E-state index contributed by atoms with van der Waals surface area (Å²) in [7, 11) is -3.40. The quantitative estimate of drug-likeness (QED) is 0.913. The summed E-state index contributed by atoms with van der Waals surface area (Å²) < 4.78 is 25.2. The Balaban J connectivity index is 2.59. The number of sulfone groups is 1. The van der Waals surface area contributed by atoms with Crippen LogP contribution in [0.2, 0.25) is 0 Å². The zero-order chi connectivity index (χ0) is 14.0. The number of hydrogen-bond donors (Lipinski definition) is 1. The smallest absolute Gasteiger partial charge is 0.356 e. The van der Waals surface area contributed by atoms with E-state index in [2.05, 4.69) is 5.10 Å². The summed E-state index contributed by atoms with van der Waals surface area (Å²) in [6.07, 6.45) is 1.42. The van der Waals surface area contributed by atoms with Crippen molar-refractivity contribution in [3.05, 3.63) is 42.2 Å². The summed E-state index contributed by atoms with van der Waals surface area (Å²) >= 11 is 0. The molecule has 19 heavy (non-hydrogen) atoms. The molecule has 0 aliphatic carbocycles. The second kappa shape index (κ2) is 4.85. The first-order valence-electron chi connectivity index (χ1n) is 5.57. The summed E-state index contributed by atoms with van der Waals surface area (Å²) in [5.41, 5.74) is 0.209. The molecule has 7 heteroatoms. The highest BCUT2D eigenvalue weighted by molar-refractivity contribution is 7.91. The molecule has 100 valence electrons. The van der Waals surface area contributed by atoms with Crippen LogP contribution in [-0.2, 0) is 9.84 Å². The molecular weight excluding hydrogens is 268 g/mol. The number of rotatable bonds is 4. The van der Waals surface area contributed by atoms with Gasteiger partial charge < -0.3 is 5.11 Å². The Morgan fingerprint density at radius 3 is 2.58 bits per heavy atom. The minimum atomic E-state index is -3.40. The van der Waals surface area contributed by atoms with Crippen LogP contribution in [0.1, 0.15) is 17.4 Å². The molecule has 0 amide bonds. The van der Waals surface area contributed by atoms with E-state index in [-0.39, 0.29) is 16.3 Å². The molecule has 0 unspecified atom stereocenters. The normalized spacial score (nSPS) is 11.4. The number of aromatic nitrogens is 2. The van der Waals surface area contributed by atoms with Crippen molar-refractivity contribution in [3.63, 3.8) is 0 Å². The van der Waals surface area contributed by atoms with Crippen LogP contribution in [0.4, 0.5) is 0 Å². The first-order valence-corrected chi connectivity index (χ1v) is 7.22. The van der Waals surface area contributed by atoms with Gasteiger partial charge in [0.05, 0.1) is 16.3 Å². The zero-order valence-electron chi connectivity index (χ0n) is 10.1. The second-order valence-electron chi connectivity index (χ2n) is 3.82. The lowest BCUT2D eigenvalue weighted by atomic mass is 10.3. The van der Waals surface area contributed by atoms with Crippen molar-refractivity contribution in [1.82, 2.24) is 9.78 Å². The van der Waals surface area contributed by atoms with Gasteiger partial charge in [0, 0.05) is 6.20 Å². The standard InChI is InChI=1S/C12H12N2O4S/c1-2-19(17,18)11-6-4-3-5-10(11)14-8-7-9(13-14)12(15)16/h3-8H,2H2,1H3,(H,15,16). The van der Waals surface area contributed by atoms with E-state index >= 15 is 0 Å². The van der Waals surface area contributed by atoms with Crippen LogP contribution >= 0.6 is 0 Å². The molecule has 0 atom stereocenters. The van der Waals surface area contributed by atoms with E-state index in [0.29, 0.717) is 5.69 Å². The van der Waals surface area contributed by atoms with Gasteiger partial charge in [-0.1, -0.05) is 19.1 Å². The van der Waals surface area contributed by atoms with E-state index in [9.17, 15) is 13.2 Å². The molecule has 0 saturated carbocycles. The summed E-state index contributed by atoms with van der Waals surface area (Å²) in [4.78, 5) is 10.9. The van der Waals surface area contributed by atoms with Gasteiger partial charge in [0.25, 0.3) is 0 Å².